The van der Waals surface area contributed by atoms with Gasteiger partial charge in [0.05, 0.1) is 26.4 Å². The first kappa shape index (κ1) is 19.5. The third-order valence-electron chi connectivity index (χ3n) is 4.55. The Hall–Kier alpha value is -1.80. The first-order valence-corrected chi connectivity index (χ1v) is 9.91. The molecule has 25 heavy (non-hydrogen) atoms. The summed E-state index contributed by atoms with van der Waals surface area (Å²) in [5.41, 5.74) is 1.66. The lowest BCUT2D eigenvalue weighted by Crippen LogP contribution is -2.51. The number of hydrogen-bond acceptors (Lipinski definition) is 5. The van der Waals surface area contributed by atoms with Crippen LogP contribution < -0.4 is 9.47 Å². The van der Waals surface area contributed by atoms with E-state index in [-0.39, 0.29) is 18.1 Å². The molecule has 0 atom stereocenters. The Labute approximate surface area is 149 Å². The maximum atomic E-state index is 12.6. The summed E-state index contributed by atoms with van der Waals surface area (Å²) in [6.07, 6.45) is 0.217. The van der Waals surface area contributed by atoms with Gasteiger partial charge in [0.2, 0.25) is 15.9 Å². The second kappa shape index (κ2) is 8.05. The van der Waals surface area contributed by atoms with Gasteiger partial charge in [0, 0.05) is 37.3 Å². The van der Waals surface area contributed by atoms with Crippen molar-refractivity contribution in [1.29, 1.82) is 0 Å². The highest BCUT2D eigenvalue weighted by Gasteiger charge is 2.28. The number of nitrogens with zero attached hydrogens (tertiary/aromatic N) is 2. The molecule has 1 aromatic rings. The normalized spacial score (nSPS) is 15.9. The van der Waals surface area contributed by atoms with Crippen molar-refractivity contribution in [3.8, 4) is 11.5 Å². The number of methoxy groups -OCH3 is 2. The summed E-state index contributed by atoms with van der Waals surface area (Å²) < 4.78 is 36.0. The summed E-state index contributed by atoms with van der Waals surface area (Å²) in [6.45, 7) is 5.04. The van der Waals surface area contributed by atoms with Crippen molar-refractivity contribution in [1.82, 2.24) is 9.21 Å². The van der Waals surface area contributed by atoms with Crippen LogP contribution in [-0.2, 0) is 21.2 Å². The van der Waals surface area contributed by atoms with Crippen LogP contribution in [0, 0.1) is 6.92 Å². The van der Waals surface area contributed by atoms with Crippen molar-refractivity contribution in [2.24, 2.45) is 0 Å². The highest BCUT2D eigenvalue weighted by molar-refractivity contribution is 7.89. The Balaban J connectivity index is 2.06. The summed E-state index contributed by atoms with van der Waals surface area (Å²) >= 11 is 0. The topological polar surface area (TPSA) is 76.2 Å². The molecule has 8 heteroatoms. The maximum absolute atomic E-state index is 12.6. The molecule has 140 valence electrons. The number of carbonyl (C=O) groups is 1. The molecule has 7 nitrogen and oxygen atoms in total. The van der Waals surface area contributed by atoms with Gasteiger partial charge in [-0.15, -0.1) is 0 Å². The molecule has 1 aromatic carbocycles. The first-order chi connectivity index (χ1) is 11.8. The Morgan fingerprint density at radius 3 is 2.28 bits per heavy atom. The quantitative estimate of drug-likeness (QED) is 0.748. The van der Waals surface area contributed by atoms with Crippen molar-refractivity contribution in [2.75, 3.05) is 46.2 Å². The molecule has 1 amide bonds. The van der Waals surface area contributed by atoms with E-state index < -0.39 is 10.0 Å². The van der Waals surface area contributed by atoms with E-state index in [1.165, 1.54) is 4.31 Å². The average Bonchev–Trinajstić information content (AvgIpc) is 2.62. The second-order valence-electron chi connectivity index (χ2n) is 5.94. The average molecular weight is 370 g/mol. The van der Waals surface area contributed by atoms with E-state index in [2.05, 4.69) is 0 Å². The predicted molar refractivity (Wildman–Crippen MR) is 95.6 cm³/mol. The number of sulfonamides is 1. The minimum absolute atomic E-state index is 0.0311. The highest BCUT2D eigenvalue weighted by atomic mass is 32.2. The predicted octanol–water partition coefficient (Wildman–Crippen LogP) is 1.05. The Morgan fingerprint density at radius 1 is 1.12 bits per heavy atom. The van der Waals surface area contributed by atoms with Crippen molar-refractivity contribution < 1.29 is 22.7 Å². The molecular weight excluding hydrogens is 344 g/mol. The zero-order valence-electron chi connectivity index (χ0n) is 15.2. The SMILES string of the molecule is CCS(=O)(=O)N1CCN(C(=O)Cc2ccc(OC)c(C)c2OC)CC1. The molecule has 0 aromatic heterocycles. The van der Waals surface area contributed by atoms with Crippen molar-refractivity contribution in [3.63, 3.8) is 0 Å². The van der Waals surface area contributed by atoms with Gasteiger partial charge in [-0.2, -0.15) is 4.31 Å². The van der Waals surface area contributed by atoms with E-state index in [1.807, 2.05) is 19.1 Å². The van der Waals surface area contributed by atoms with Crippen LogP contribution in [-0.4, -0.2) is 69.7 Å². The molecular formula is C17H26N2O5S. The second-order valence-corrected chi connectivity index (χ2v) is 8.20. The largest absolute Gasteiger partial charge is 0.496 e. The minimum Gasteiger partial charge on any atom is -0.496 e. The number of hydrogen-bond donors (Lipinski definition) is 0. The summed E-state index contributed by atoms with van der Waals surface area (Å²) in [6, 6.07) is 3.66. The fourth-order valence-corrected chi connectivity index (χ4v) is 4.13. The van der Waals surface area contributed by atoms with Gasteiger partial charge in [-0.25, -0.2) is 8.42 Å². The molecule has 0 aliphatic carbocycles. The number of rotatable bonds is 6. The fraction of sp³-hybridized carbons (Fsp3) is 0.588. The fourth-order valence-electron chi connectivity index (χ4n) is 3.05. The van der Waals surface area contributed by atoms with Crippen LogP contribution in [0.1, 0.15) is 18.1 Å². The molecule has 1 aliphatic rings. The van der Waals surface area contributed by atoms with Crippen molar-refractivity contribution >= 4 is 15.9 Å². The summed E-state index contributed by atoms with van der Waals surface area (Å²) in [4.78, 5) is 14.3. The third kappa shape index (κ3) is 4.24. The van der Waals surface area contributed by atoms with E-state index in [0.717, 1.165) is 11.1 Å². The number of ether oxygens (including phenoxy) is 2. The van der Waals surface area contributed by atoms with Crippen molar-refractivity contribution in [2.45, 2.75) is 20.3 Å². The van der Waals surface area contributed by atoms with E-state index in [4.69, 9.17) is 9.47 Å². The van der Waals surface area contributed by atoms with Crippen LogP contribution in [0.15, 0.2) is 12.1 Å². The lowest BCUT2D eigenvalue weighted by atomic mass is 10.0. The monoisotopic (exact) mass is 370 g/mol. The van der Waals surface area contributed by atoms with E-state index in [1.54, 1.807) is 26.0 Å². The molecule has 0 spiro atoms. The van der Waals surface area contributed by atoms with E-state index >= 15 is 0 Å². The minimum atomic E-state index is -3.19. The van der Waals surface area contributed by atoms with Gasteiger partial charge in [0.1, 0.15) is 11.5 Å². The maximum Gasteiger partial charge on any atom is 0.227 e. The van der Waals surface area contributed by atoms with Crippen LogP contribution in [0.25, 0.3) is 0 Å². The van der Waals surface area contributed by atoms with Gasteiger partial charge in [-0.1, -0.05) is 6.07 Å². The third-order valence-corrected chi connectivity index (χ3v) is 6.43. The van der Waals surface area contributed by atoms with Gasteiger partial charge in [0.15, 0.2) is 0 Å². The van der Waals surface area contributed by atoms with Gasteiger partial charge < -0.3 is 14.4 Å². The van der Waals surface area contributed by atoms with Gasteiger partial charge in [-0.05, 0) is 19.9 Å². The smallest absolute Gasteiger partial charge is 0.227 e. The highest BCUT2D eigenvalue weighted by Crippen LogP contribution is 2.31. The molecule has 0 radical (unpaired) electrons. The molecule has 1 saturated heterocycles. The number of piperazine rings is 1. The first-order valence-electron chi connectivity index (χ1n) is 8.30. The lowest BCUT2D eigenvalue weighted by Gasteiger charge is -2.34. The van der Waals surface area contributed by atoms with Crippen molar-refractivity contribution in [3.05, 3.63) is 23.3 Å². The van der Waals surface area contributed by atoms with Gasteiger partial charge in [-0.3, -0.25) is 4.79 Å². The molecule has 0 saturated carbocycles. The van der Waals surface area contributed by atoms with Crippen LogP contribution >= 0.6 is 0 Å². The Morgan fingerprint density at radius 2 is 1.76 bits per heavy atom. The zero-order chi connectivity index (χ0) is 18.6. The number of carbonyl (C=O) groups excluding carboxylic acids is 1. The molecule has 1 fully saturated rings. The standard InChI is InChI=1S/C17H26N2O5S/c1-5-25(21,22)19-10-8-18(9-11-19)16(20)12-14-6-7-15(23-3)13(2)17(14)24-4/h6-7H,5,8-12H2,1-4H3. The Bertz CT molecular complexity index is 725. The molecule has 0 N–H and O–H groups in total. The molecule has 1 aliphatic heterocycles. The summed E-state index contributed by atoms with van der Waals surface area (Å²) in [5, 5.41) is 0. The number of amides is 1. The van der Waals surface area contributed by atoms with Gasteiger partial charge in [0.25, 0.3) is 0 Å². The zero-order valence-corrected chi connectivity index (χ0v) is 16.1. The van der Waals surface area contributed by atoms with Crippen LogP contribution in [0.4, 0.5) is 0 Å². The van der Waals surface area contributed by atoms with Gasteiger partial charge >= 0.3 is 0 Å². The Kier molecular flexibility index (Phi) is 6.29. The summed E-state index contributed by atoms with van der Waals surface area (Å²) in [5.74, 6) is 1.42. The summed E-state index contributed by atoms with van der Waals surface area (Å²) in [7, 11) is -0.0246. The van der Waals surface area contributed by atoms with Crippen LogP contribution in [0.5, 0.6) is 11.5 Å². The number of benzene rings is 1. The molecule has 2 rings (SSSR count). The molecule has 0 unspecified atom stereocenters. The van der Waals surface area contributed by atoms with E-state index in [0.29, 0.717) is 37.7 Å². The van der Waals surface area contributed by atoms with E-state index in [9.17, 15) is 13.2 Å². The van der Waals surface area contributed by atoms with Crippen LogP contribution in [0.3, 0.4) is 0 Å². The molecule has 0 bridgehead atoms. The molecule has 1 heterocycles. The lowest BCUT2D eigenvalue weighted by molar-refractivity contribution is -0.131. The van der Waals surface area contributed by atoms with Crippen LogP contribution in [0.2, 0.25) is 0 Å².